The number of rotatable bonds is 4. The molecule has 0 bridgehead atoms. The van der Waals surface area contributed by atoms with Gasteiger partial charge in [-0.05, 0) is 36.6 Å². The van der Waals surface area contributed by atoms with Crippen LogP contribution in [0.4, 0.5) is 8.78 Å². The summed E-state index contributed by atoms with van der Waals surface area (Å²) in [5, 5.41) is 0. The van der Waals surface area contributed by atoms with E-state index < -0.39 is 11.6 Å². The Bertz CT molecular complexity index is 524. The second-order valence-corrected chi connectivity index (χ2v) is 4.15. The molecule has 0 unspecified atom stereocenters. The van der Waals surface area contributed by atoms with Crippen molar-refractivity contribution in [3.63, 3.8) is 0 Å². The number of benzene rings is 1. The molecule has 0 saturated carbocycles. The van der Waals surface area contributed by atoms with E-state index in [1.165, 1.54) is 6.07 Å². The lowest BCUT2D eigenvalue weighted by atomic mass is 10.1. The predicted molar refractivity (Wildman–Crippen MR) is 66.0 cm³/mol. The van der Waals surface area contributed by atoms with Gasteiger partial charge in [0.05, 0.1) is 0 Å². The van der Waals surface area contributed by atoms with Gasteiger partial charge >= 0.3 is 0 Å². The molecular weight excluding hydrogens is 234 g/mol. The van der Waals surface area contributed by atoms with E-state index in [4.69, 9.17) is 0 Å². The second-order valence-electron chi connectivity index (χ2n) is 4.15. The van der Waals surface area contributed by atoms with Gasteiger partial charge in [0, 0.05) is 18.0 Å². The first-order valence-corrected chi connectivity index (χ1v) is 5.97. The van der Waals surface area contributed by atoms with E-state index in [0.717, 1.165) is 37.0 Å². The van der Waals surface area contributed by atoms with Crippen LogP contribution in [-0.4, -0.2) is 9.97 Å². The first-order chi connectivity index (χ1) is 8.70. The highest BCUT2D eigenvalue weighted by Gasteiger charge is 2.06. The van der Waals surface area contributed by atoms with Gasteiger partial charge in [-0.1, -0.05) is 13.3 Å². The van der Waals surface area contributed by atoms with Gasteiger partial charge in [0.2, 0.25) is 0 Å². The van der Waals surface area contributed by atoms with Crippen molar-refractivity contribution in [1.82, 2.24) is 9.97 Å². The summed E-state index contributed by atoms with van der Waals surface area (Å²) >= 11 is 0. The van der Waals surface area contributed by atoms with Crippen molar-refractivity contribution in [3.8, 4) is 11.4 Å². The molecule has 0 amide bonds. The minimum Gasteiger partial charge on any atom is -0.236 e. The Kier molecular flexibility index (Phi) is 3.97. The fourth-order valence-corrected chi connectivity index (χ4v) is 1.65. The first-order valence-electron chi connectivity index (χ1n) is 5.97. The standard InChI is InChI=1S/C14H14F2N2/c1-2-3-4-10-8-17-14(18-9-10)11-5-6-12(15)13(16)7-11/h5-9H,2-4H2,1H3. The summed E-state index contributed by atoms with van der Waals surface area (Å²) in [7, 11) is 0. The van der Waals surface area contributed by atoms with E-state index in [1.54, 1.807) is 12.4 Å². The highest BCUT2D eigenvalue weighted by Crippen LogP contribution is 2.17. The summed E-state index contributed by atoms with van der Waals surface area (Å²) in [5.41, 5.74) is 1.54. The second kappa shape index (κ2) is 5.67. The van der Waals surface area contributed by atoms with Gasteiger partial charge in [-0.2, -0.15) is 0 Å². The van der Waals surface area contributed by atoms with Crippen molar-refractivity contribution in [2.45, 2.75) is 26.2 Å². The van der Waals surface area contributed by atoms with E-state index in [1.807, 2.05) is 0 Å². The van der Waals surface area contributed by atoms with Gasteiger partial charge in [-0.15, -0.1) is 0 Å². The van der Waals surface area contributed by atoms with Gasteiger partial charge in [0.15, 0.2) is 17.5 Å². The number of aryl methyl sites for hydroxylation is 1. The zero-order valence-corrected chi connectivity index (χ0v) is 10.2. The molecule has 0 aliphatic rings. The molecule has 1 aromatic carbocycles. The van der Waals surface area contributed by atoms with Crippen molar-refractivity contribution in [2.24, 2.45) is 0 Å². The van der Waals surface area contributed by atoms with Gasteiger partial charge in [0.1, 0.15) is 0 Å². The topological polar surface area (TPSA) is 25.8 Å². The number of aromatic nitrogens is 2. The normalized spacial score (nSPS) is 10.6. The van der Waals surface area contributed by atoms with Crippen LogP contribution >= 0.6 is 0 Å². The smallest absolute Gasteiger partial charge is 0.159 e. The highest BCUT2D eigenvalue weighted by atomic mass is 19.2. The van der Waals surface area contributed by atoms with Crippen molar-refractivity contribution < 1.29 is 8.78 Å². The summed E-state index contributed by atoms with van der Waals surface area (Å²) in [6.07, 6.45) is 6.62. The predicted octanol–water partition coefficient (Wildman–Crippen LogP) is 3.76. The van der Waals surface area contributed by atoms with Gasteiger partial charge in [-0.3, -0.25) is 0 Å². The van der Waals surface area contributed by atoms with Crippen LogP contribution in [0.25, 0.3) is 11.4 Å². The Morgan fingerprint density at radius 1 is 1.06 bits per heavy atom. The number of halogens is 2. The molecule has 0 atom stereocenters. The van der Waals surface area contributed by atoms with Gasteiger partial charge in [0.25, 0.3) is 0 Å². The van der Waals surface area contributed by atoms with E-state index >= 15 is 0 Å². The van der Waals surface area contributed by atoms with E-state index in [9.17, 15) is 8.78 Å². The number of unbranched alkanes of at least 4 members (excludes halogenated alkanes) is 1. The number of hydrogen-bond donors (Lipinski definition) is 0. The molecule has 0 aliphatic carbocycles. The molecule has 2 rings (SSSR count). The third kappa shape index (κ3) is 2.88. The Labute approximate surface area is 105 Å². The van der Waals surface area contributed by atoms with Crippen LogP contribution in [0.1, 0.15) is 25.3 Å². The van der Waals surface area contributed by atoms with Crippen LogP contribution in [0.3, 0.4) is 0 Å². The lowest BCUT2D eigenvalue weighted by Crippen LogP contribution is -1.94. The fraction of sp³-hybridized carbons (Fsp3) is 0.286. The van der Waals surface area contributed by atoms with Crippen LogP contribution in [0.2, 0.25) is 0 Å². The molecule has 1 heterocycles. The zero-order valence-electron chi connectivity index (χ0n) is 10.2. The molecule has 2 nitrogen and oxygen atoms in total. The molecule has 0 N–H and O–H groups in total. The minimum absolute atomic E-state index is 0.411. The lowest BCUT2D eigenvalue weighted by Gasteiger charge is -2.03. The monoisotopic (exact) mass is 248 g/mol. The maximum atomic E-state index is 13.1. The molecular formula is C14H14F2N2. The van der Waals surface area contributed by atoms with Crippen LogP contribution in [0.15, 0.2) is 30.6 Å². The molecule has 1 aromatic heterocycles. The Hall–Kier alpha value is -1.84. The van der Waals surface area contributed by atoms with Crippen molar-refractivity contribution >= 4 is 0 Å². The molecule has 0 spiro atoms. The van der Waals surface area contributed by atoms with Crippen LogP contribution in [0, 0.1) is 11.6 Å². The van der Waals surface area contributed by atoms with Gasteiger partial charge in [-0.25, -0.2) is 18.7 Å². The third-order valence-corrected chi connectivity index (χ3v) is 2.70. The molecule has 0 fully saturated rings. The Morgan fingerprint density at radius 3 is 2.39 bits per heavy atom. The van der Waals surface area contributed by atoms with Crippen molar-refractivity contribution in [2.75, 3.05) is 0 Å². The molecule has 18 heavy (non-hydrogen) atoms. The first kappa shape index (κ1) is 12.6. The number of hydrogen-bond acceptors (Lipinski definition) is 2. The molecule has 0 radical (unpaired) electrons. The summed E-state index contributed by atoms with van der Waals surface area (Å²) in [5.74, 6) is -1.33. The minimum atomic E-state index is -0.883. The van der Waals surface area contributed by atoms with E-state index in [0.29, 0.717) is 11.4 Å². The fourth-order valence-electron chi connectivity index (χ4n) is 1.65. The van der Waals surface area contributed by atoms with Crippen LogP contribution < -0.4 is 0 Å². The SMILES string of the molecule is CCCCc1cnc(-c2ccc(F)c(F)c2)nc1. The highest BCUT2D eigenvalue weighted by molar-refractivity contribution is 5.54. The summed E-state index contributed by atoms with van der Waals surface area (Å²) in [4.78, 5) is 8.34. The quantitative estimate of drug-likeness (QED) is 0.823. The third-order valence-electron chi connectivity index (χ3n) is 2.70. The maximum Gasteiger partial charge on any atom is 0.159 e. The van der Waals surface area contributed by atoms with Gasteiger partial charge < -0.3 is 0 Å². The van der Waals surface area contributed by atoms with Crippen LogP contribution in [0.5, 0.6) is 0 Å². The average molecular weight is 248 g/mol. The summed E-state index contributed by atoms with van der Waals surface area (Å²) < 4.78 is 25.9. The largest absolute Gasteiger partial charge is 0.236 e. The zero-order chi connectivity index (χ0) is 13.0. The van der Waals surface area contributed by atoms with Crippen molar-refractivity contribution in [3.05, 3.63) is 47.8 Å². The summed E-state index contributed by atoms with van der Waals surface area (Å²) in [6, 6.07) is 3.66. The Balaban J connectivity index is 2.20. The van der Waals surface area contributed by atoms with E-state index in [2.05, 4.69) is 16.9 Å². The average Bonchev–Trinajstić information content (AvgIpc) is 2.40. The Morgan fingerprint density at radius 2 is 1.78 bits per heavy atom. The molecule has 2 aromatic rings. The molecule has 94 valence electrons. The summed E-state index contributed by atoms with van der Waals surface area (Å²) in [6.45, 7) is 2.12. The molecule has 4 heteroatoms. The maximum absolute atomic E-state index is 13.1. The molecule has 0 saturated heterocycles. The lowest BCUT2D eigenvalue weighted by molar-refractivity contribution is 0.509. The van der Waals surface area contributed by atoms with E-state index in [-0.39, 0.29) is 0 Å². The number of nitrogens with zero attached hydrogens (tertiary/aromatic N) is 2. The molecule has 0 aliphatic heterocycles. The van der Waals surface area contributed by atoms with Crippen molar-refractivity contribution in [1.29, 1.82) is 0 Å². The van der Waals surface area contributed by atoms with Crippen LogP contribution in [-0.2, 0) is 6.42 Å².